The Balaban J connectivity index is 2.17. The molecule has 0 saturated heterocycles. The zero-order valence-electron chi connectivity index (χ0n) is 7.84. The normalized spacial score (nSPS) is 21.7. The number of rotatable bonds is 3. The van der Waals surface area contributed by atoms with Crippen molar-refractivity contribution in [3.63, 3.8) is 0 Å². The highest BCUT2D eigenvalue weighted by molar-refractivity contribution is 8.31. The first-order valence-electron chi connectivity index (χ1n) is 4.42. The number of aliphatic hydroxyl groups excluding tert-OH is 1. The second-order valence-electron chi connectivity index (χ2n) is 2.93. The van der Waals surface area contributed by atoms with Crippen LogP contribution in [0.3, 0.4) is 0 Å². The molecule has 0 radical (unpaired) electrons. The second-order valence-corrected chi connectivity index (χ2v) is 5.03. The molecule has 6 heteroatoms. The molecule has 0 spiro atoms. The maximum atomic E-state index is 8.77. The van der Waals surface area contributed by atoms with Crippen molar-refractivity contribution in [2.24, 2.45) is 4.99 Å². The molecule has 4 nitrogen and oxygen atoms in total. The van der Waals surface area contributed by atoms with Crippen molar-refractivity contribution in [3.05, 3.63) is 28.7 Å². The lowest BCUT2D eigenvalue weighted by Crippen LogP contribution is -1.87. The molecule has 1 aliphatic rings. The first-order chi connectivity index (χ1) is 7.29. The van der Waals surface area contributed by atoms with Gasteiger partial charge in [-0.15, -0.1) is 0 Å². The maximum Gasteiger partial charge on any atom is 0.223 e. The monoisotopic (exact) mass is 243 g/mol. The quantitative estimate of drug-likeness (QED) is 0.483. The molecule has 1 aromatic rings. The summed E-state index contributed by atoms with van der Waals surface area (Å²) in [5, 5.41) is 12.0. The van der Waals surface area contributed by atoms with Gasteiger partial charge in [0.15, 0.2) is 0 Å². The van der Waals surface area contributed by atoms with Gasteiger partial charge in [0.2, 0.25) is 5.28 Å². The lowest BCUT2D eigenvalue weighted by molar-refractivity contribution is 0.299. The van der Waals surface area contributed by atoms with Gasteiger partial charge in [0, 0.05) is 30.5 Å². The van der Waals surface area contributed by atoms with Crippen LogP contribution in [0.15, 0.2) is 33.4 Å². The van der Waals surface area contributed by atoms with E-state index < -0.39 is 10.9 Å². The van der Waals surface area contributed by atoms with Crippen LogP contribution in [-0.2, 0) is 0 Å². The molecule has 0 saturated carbocycles. The number of aromatic nitrogens is 2. The Morgan fingerprint density at radius 3 is 3.07 bits per heavy atom. The van der Waals surface area contributed by atoms with Gasteiger partial charge in [-0.05, 0) is 23.1 Å². The Bertz CT molecular complexity index is 422. The Morgan fingerprint density at radius 1 is 1.47 bits per heavy atom. The Labute approximate surface area is 95.1 Å². The van der Waals surface area contributed by atoms with E-state index in [1.807, 2.05) is 17.0 Å². The van der Waals surface area contributed by atoms with E-state index >= 15 is 0 Å². The third-order valence-corrected chi connectivity index (χ3v) is 3.78. The van der Waals surface area contributed by atoms with Crippen LogP contribution in [0.5, 0.6) is 0 Å². The van der Waals surface area contributed by atoms with E-state index in [0.717, 1.165) is 10.7 Å². The Morgan fingerprint density at radius 2 is 2.33 bits per heavy atom. The average molecular weight is 244 g/mol. The van der Waals surface area contributed by atoms with E-state index in [1.165, 1.54) is 0 Å². The molecule has 2 heterocycles. The van der Waals surface area contributed by atoms with Gasteiger partial charge >= 0.3 is 0 Å². The van der Waals surface area contributed by atoms with Crippen LogP contribution in [0.4, 0.5) is 0 Å². The van der Waals surface area contributed by atoms with Gasteiger partial charge in [-0.3, -0.25) is 4.99 Å². The fourth-order valence-electron chi connectivity index (χ4n) is 1.20. The van der Waals surface area contributed by atoms with E-state index in [-0.39, 0.29) is 11.9 Å². The first kappa shape index (κ1) is 10.6. The van der Waals surface area contributed by atoms with Crippen LogP contribution in [-0.4, -0.2) is 27.2 Å². The fraction of sp³-hybridized carbons (Fsp3) is 0.222. The number of hydrogen-bond donors (Lipinski definition) is 2. The molecule has 1 atom stereocenters. The zero-order chi connectivity index (χ0) is 10.7. The van der Waals surface area contributed by atoms with E-state index in [0.29, 0.717) is 6.42 Å². The molecule has 1 aromatic heterocycles. The summed E-state index contributed by atoms with van der Waals surface area (Å²) >= 11 is 5.70. The SMILES string of the molecule is OCCC1=C[SH](c2ccnc(Cl)n2)C=N1. The van der Waals surface area contributed by atoms with Crippen molar-refractivity contribution in [2.45, 2.75) is 11.4 Å². The Kier molecular flexibility index (Phi) is 3.35. The van der Waals surface area contributed by atoms with E-state index in [2.05, 4.69) is 15.0 Å². The zero-order valence-corrected chi connectivity index (χ0v) is 9.49. The van der Waals surface area contributed by atoms with Crippen LogP contribution in [0.2, 0.25) is 5.28 Å². The standard InChI is InChI=1S/C9H10ClN3OS/c10-9-11-3-1-8(13-9)15-5-7(2-4-14)12-6-15/h1,3,5-6,14-15H,2,4H2. The van der Waals surface area contributed by atoms with Gasteiger partial charge in [0.1, 0.15) is 0 Å². The number of thiol groups is 1. The van der Waals surface area contributed by atoms with Crippen molar-refractivity contribution in [1.82, 2.24) is 9.97 Å². The third kappa shape index (κ3) is 2.56. The predicted octanol–water partition coefficient (Wildman–Crippen LogP) is 1.76. The van der Waals surface area contributed by atoms with E-state index in [4.69, 9.17) is 16.7 Å². The predicted molar refractivity (Wildman–Crippen MR) is 62.6 cm³/mol. The van der Waals surface area contributed by atoms with Crippen LogP contribution in [0.25, 0.3) is 0 Å². The molecule has 0 fully saturated rings. The highest BCUT2D eigenvalue weighted by Gasteiger charge is 2.10. The van der Waals surface area contributed by atoms with Gasteiger partial charge in [-0.2, -0.15) is 10.9 Å². The topological polar surface area (TPSA) is 58.4 Å². The van der Waals surface area contributed by atoms with Gasteiger partial charge < -0.3 is 5.11 Å². The lowest BCUT2D eigenvalue weighted by Gasteiger charge is -2.06. The largest absolute Gasteiger partial charge is 0.396 e. The molecule has 1 unspecified atom stereocenters. The summed E-state index contributed by atoms with van der Waals surface area (Å²) in [4.78, 5) is 12.2. The first-order valence-corrected chi connectivity index (χ1v) is 6.28. The van der Waals surface area contributed by atoms with Gasteiger partial charge in [-0.25, -0.2) is 9.97 Å². The molecule has 2 rings (SSSR count). The Hall–Kier alpha value is -0.910. The minimum atomic E-state index is -0.608. The maximum absolute atomic E-state index is 8.77. The second kappa shape index (κ2) is 4.74. The minimum absolute atomic E-state index is 0.122. The van der Waals surface area contributed by atoms with Gasteiger partial charge in [0.05, 0.1) is 5.03 Å². The van der Waals surface area contributed by atoms with Gasteiger partial charge in [0.25, 0.3) is 0 Å². The highest BCUT2D eigenvalue weighted by Crippen LogP contribution is 2.39. The van der Waals surface area contributed by atoms with Crippen molar-refractivity contribution >= 4 is 28.0 Å². The summed E-state index contributed by atoms with van der Waals surface area (Å²) < 4.78 is 0. The van der Waals surface area contributed by atoms with Crippen LogP contribution in [0.1, 0.15) is 6.42 Å². The number of hydrogen-bond acceptors (Lipinski definition) is 4. The fourth-order valence-corrected chi connectivity index (χ4v) is 2.96. The molecule has 1 N–H and O–H groups in total. The van der Waals surface area contributed by atoms with Crippen molar-refractivity contribution in [1.29, 1.82) is 0 Å². The summed E-state index contributed by atoms with van der Waals surface area (Å²) in [5.41, 5.74) is 2.78. The molecule has 80 valence electrons. The molecule has 0 aliphatic carbocycles. The molecule has 0 amide bonds. The van der Waals surface area contributed by atoms with Gasteiger partial charge in [-0.1, -0.05) is 0 Å². The number of aliphatic hydroxyl groups is 1. The number of aliphatic imine (C=N–C) groups is 1. The smallest absolute Gasteiger partial charge is 0.223 e. The molecule has 0 bridgehead atoms. The van der Waals surface area contributed by atoms with Crippen molar-refractivity contribution < 1.29 is 5.11 Å². The third-order valence-electron chi connectivity index (χ3n) is 1.88. The minimum Gasteiger partial charge on any atom is -0.396 e. The number of nitrogens with zero attached hydrogens (tertiary/aromatic N) is 3. The van der Waals surface area contributed by atoms with Crippen LogP contribution >= 0.6 is 22.5 Å². The molecule has 0 aromatic carbocycles. The van der Waals surface area contributed by atoms with Crippen molar-refractivity contribution in [2.75, 3.05) is 6.61 Å². The van der Waals surface area contributed by atoms with Crippen LogP contribution in [0, 0.1) is 0 Å². The highest BCUT2D eigenvalue weighted by atomic mass is 35.5. The summed E-state index contributed by atoms with van der Waals surface area (Å²) in [6.45, 7) is 0.122. The molecule has 15 heavy (non-hydrogen) atoms. The molecular weight excluding hydrogens is 234 g/mol. The summed E-state index contributed by atoms with van der Waals surface area (Å²) in [6, 6.07) is 1.84. The summed E-state index contributed by atoms with van der Waals surface area (Å²) in [6.07, 6.45) is 2.23. The van der Waals surface area contributed by atoms with E-state index in [1.54, 1.807) is 6.20 Å². The molecule has 1 aliphatic heterocycles. The summed E-state index contributed by atoms with van der Waals surface area (Å²) in [7, 11) is -0.608. The van der Waals surface area contributed by atoms with E-state index in [9.17, 15) is 0 Å². The number of halogens is 1. The molecular formula is C9H10ClN3OS. The van der Waals surface area contributed by atoms with Crippen LogP contribution < -0.4 is 0 Å². The average Bonchev–Trinajstić information content (AvgIpc) is 2.67. The van der Waals surface area contributed by atoms with Crippen molar-refractivity contribution in [3.8, 4) is 0 Å². The lowest BCUT2D eigenvalue weighted by atomic mass is 10.4. The summed E-state index contributed by atoms with van der Waals surface area (Å²) in [5.74, 6) is 0.